The van der Waals surface area contributed by atoms with Crippen molar-refractivity contribution < 1.29 is 14.9 Å². The summed E-state index contributed by atoms with van der Waals surface area (Å²) >= 11 is 0. The average Bonchev–Trinajstić information content (AvgIpc) is 2.69. The van der Waals surface area contributed by atoms with Crippen LogP contribution in [0.5, 0.6) is 0 Å². The molecule has 0 bridgehead atoms. The standard InChI is InChI=1S/C24H38O3/c25-23(13-5-9-19-7-1-3-11-21(19)23)15-17-27-18-16-24(26)14-6-10-20-8-2-4-12-22(20)24/h15-22,25-26H,1-14H2. The van der Waals surface area contributed by atoms with E-state index in [0.29, 0.717) is 23.7 Å². The molecule has 0 aromatic rings. The zero-order valence-corrected chi connectivity index (χ0v) is 16.8. The van der Waals surface area contributed by atoms with Crippen LogP contribution < -0.4 is 0 Å². The number of rotatable bonds is 4. The van der Waals surface area contributed by atoms with Crippen LogP contribution in [0.15, 0.2) is 24.7 Å². The monoisotopic (exact) mass is 374 g/mol. The van der Waals surface area contributed by atoms with Crippen molar-refractivity contribution in [3.63, 3.8) is 0 Å². The number of aliphatic hydroxyl groups is 2. The Hall–Kier alpha value is -0.800. The first kappa shape index (κ1) is 19.5. The number of ether oxygens (including phenoxy) is 1. The molecule has 4 fully saturated rings. The second kappa shape index (κ2) is 8.29. The molecule has 0 spiro atoms. The molecule has 0 radical (unpaired) electrons. The lowest BCUT2D eigenvalue weighted by atomic mass is 9.63. The van der Waals surface area contributed by atoms with Crippen molar-refractivity contribution in [3.8, 4) is 0 Å². The lowest BCUT2D eigenvalue weighted by Gasteiger charge is -2.46. The second-order valence-electron chi connectivity index (χ2n) is 9.81. The Bertz CT molecular complexity index is 504. The molecule has 27 heavy (non-hydrogen) atoms. The van der Waals surface area contributed by atoms with E-state index in [2.05, 4.69) is 0 Å². The van der Waals surface area contributed by atoms with Gasteiger partial charge in [0.1, 0.15) is 0 Å². The molecule has 6 atom stereocenters. The van der Waals surface area contributed by atoms with E-state index < -0.39 is 11.2 Å². The van der Waals surface area contributed by atoms with Crippen LogP contribution in [-0.2, 0) is 4.74 Å². The highest BCUT2D eigenvalue weighted by Gasteiger charge is 2.44. The van der Waals surface area contributed by atoms with Gasteiger partial charge in [-0.15, -0.1) is 0 Å². The molecule has 4 saturated carbocycles. The van der Waals surface area contributed by atoms with Crippen molar-refractivity contribution in [2.75, 3.05) is 0 Å². The summed E-state index contributed by atoms with van der Waals surface area (Å²) in [6, 6.07) is 0. The van der Waals surface area contributed by atoms with Gasteiger partial charge in [-0.2, -0.15) is 0 Å². The molecule has 2 N–H and O–H groups in total. The van der Waals surface area contributed by atoms with E-state index in [-0.39, 0.29) is 0 Å². The Kier molecular flexibility index (Phi) is 5.99. The summed E-state index contributed by atoms with van der Waals surface area (Å²) in [4.78, 5) is 0. The Morgan fingerprint density at radius 1 is 0.593 bits per heavy atom. The molecule has 0 heterocycles. The van der Waals surface area contributed by atoms with Crippen molar-refractivity contribution in [3.05, 3.63) is 24.7 Å². The SMILES string of the molecule is OC1(C=COC=CC2(O)CCCC3CCCCC32)CCCC2CCCCC21. The Morgan fingerprint density at radius 2 is 1.00 bits per heavy atom. The van der Waals surface area contributed by atoms with Crippen LogP contribution >= 0.6 is 0 Å². The van der Waals surface area contributed by atoms with Crippen molar-refractivity contribution in [2.24, 2.45) is 23.7 Å². The van der Waals surface area contributed by atoms with E-state index in [4.69, 9.17) is 4.74 Å². The maximum absolute atomic E-state index is 11.2. The highest BCUT2D eigenvalue weighted by molar-refractivity contribution is 5.10. The molecule has 3 nitrogen and oxygen atoms in total. The molecule has 0 aromatic heterocycles. The topological polar surface area (TPSA) is 49.7 Å². The summed E-state index contributed by atoms with van der Waals surface area (Å²) in [6.07, 6.45) is 23.6. The van der Waals surface area contributed by atoms with Gasteiger partial charge in [0.05, 0.1) is 23.7 Å². The number of hydrogen-bond donors (Lipinski definition) is 2. The van der Waals surface area contributed by atoms with Crippen molar-refractivity contribution in [1.29, 1.82) is 0 Å². The van der Waals surface area contributed by atoms with Crippen molar-refractivity contribution in [2.45, 2.75) is 101 Å². The zero-order valence-electron chi connectivity index (χ0n) is 16.8. The number of hydrogen-bond acceptors (Lipinski definition) is 3. The minimum atomic E-state index is -0.701. The second-order valence-corrected chi connectivity index (χ2v) is 9.81. The van der Waals surface area contributed by atoms with Crippen molar-refractivity contribution in [1.82, 2.24) is 0 Å². The molecule has 3 heteroatoms. The maximum Gasteiger partial charge on any atom is 0.0890 e. The van der Waals surface area contributed by atoms with Crippen LogP contribution in [0.1, 0.15) is 89.9 Å². The fraction of sp³-hybridized carbons (Fsp3) is 0.833. The van der Waals surface area contributed by atoms with Gasteiger partial charge in [0.2, 0.25) is 0 Å². The lowest BCUT2D eigenvalue weighted by Crippen LogP contribution is -2.45. The molecular formula is C24H38O3. The smallest absolute Gasteiger partial charge is 0.0890 e. The predicted octanol–water partition coefficient (Wildman–Crippen LogP) is 5.47. The van der Waals surface area contributed by atoms with Gasteiger partial charge in [0.15, 0.2) is 0 Å². The van der Waals surface area contributed by atoms with Gasteiger partial charge in [-0.05, 0) is 87.2 Å². The fourth-order valence-corrected chi connectivity index (χ4v) is 6.86. The highest BCUT2D eigenvalue weighted by Crippen LogP contribution is 2.47. The third-order valence-corrected chi connectivity index (χ3v) is 8.28. The molecule has 152 valence electrons. The third-order valence-electron chi connectivity index (χ3n) is 8.28. The van der Waals surface area contributed by atoms with Crippen LogP contribution in [0.2, 0.25) is 0 Å². The van der Waals surface area contributed by atoms with Gasteiger partial charge in [-0.3, -0.25) is 0 Å². The van der Waals surface area contributed by atoms with Crippen molar-refractivity contribution >= 4 is 0 Å². The summed E-state index contributed by atoms with van der Waals surface area (Å²) in [5.74, 6) is 2.16. The summed E-state index contributed by atoms with van der Waals surface area (Å²) in [5, 5.41) is 22.4. The summed E-state index contributed by atoms with van der Waals surface area (Å²) < 4.78 is 5.65. The first-order valence-corrected chi connectivity index (χ1v) is 11.6. The Balaban J connectivity index is 1.35. The minimum absolute atomic E-state index is 0.398. The summed E-state index contributed by atoms with van der Waals surface area (Å²) in [7, 11) is 0. The molecule has 0 amide bonds. The normalized spacial score (nSPS) is 45.6. The van der Waals surface area contributed by atoms with E-state index in [1.54, 1.807) is 12.5 Å². The first-order chi connectivity index (χ1) is 13.1. The van der Waals surface area contributed by atoms with Crippen LogP contribution in [0.25, 0.3) is 0 Å². The van der Waals surface area contributed by atoms with Gasteiger partial charge >= 0.3 is 0 Å². The third kappa shape index (κ3) is 4.15. The van der Waals surface area contributed by atoms with E-state index in [9.17, 15) is 10.2 Å². The summed E-state index contributed by atoms with van der Waals surface area (Å²) in [5.41, 5.74) is -1.40. The molecule has 4 rings (SSSR count). The van der Waals surface area contributed by atoms with Gasteiger partial charge in [0.25, 0.3) is 0 Å². The van der Waals surface area contributed by atoms with Crippen LogP contribution in [0.3, 0.4) is 0 Å². The molecule has 0 aliphatic heterocycles. The molecule has 0 aromatic carbocycles. The van der Waals surface area contributed by atoms with Crippen LogP contribution in [0.4, 0.5) is 0 Å². The van der Waals surface area contributed by atoms with Crippen LogP contribution in [0, 0.1) is 23.7 Å². The molecular weight excluding hydrogens is 336 g/mol. The Morgan fingerprint density at radius 3 is 1.48 bits per heavy atom. The van der Waals surface area contributed by atoms with E-state index in [1.807, 2.05) is 12.2 Å². The lowest BCUT2D eigenvalue weighted by molar-refractivity contribution is -0.0533. The Labute approximate surface area is 164 Å². The largest absolute Gasteiger partial charge is 0.473 e. The quantitative estimate of drug-likeness (QED) is 0.641. The van der Waals surface area contributed by atoms with E-state index in [0.717, 1.165) is 38.5 Å². The average molecular weight is 375 g/mol. The summed E-state index contributed by atoms with van der Waals surface area (Å²) in [6.45, 7) is 0. The first-order valence-electron chi connectivity index (χ1n) is 11.6. The maximum atomic E-state index is 11.2. The fourth-order valence-electron chi connectivity index (χ4n) is 6.86. The zero-order chi connectivity index (χ0) is 18.7. The minimum Gasteiger partial charge on any atom is -0.473 e. The highest BCUT2D eigenvalue weighted by atomic mass is 16.5. The van der Waals surface area contributed by atoms with Gasteiger partial charge in [-0.1, -0.05) is 38.5 Å². The predicted molar refractivity (Wildman–Crippen MR) is 108 cm³/mol. The number of fused-ring (bicyclic) bond motifs is 2. The van der Waals surface area contributed by atoms with Gasteiger partial charge < -0.3 is 14.9 Å². The van der Waals surface area contributed by atoms with Crippen LogP contribution in [-0.4, -0.2) is 21.4 Å². The molecule has 6 unspecified atom stereocenters. The van der Waals surface area contributed by atoms with E-state index >= 15 is 0 Å². The molecule has 0 saturated heterocycles. The van der Waals surface area contributed by atoms with E-state index in [1.165, 1.54) is 51.4 Å². The molecule has 4 aliphatic carbocycles. The van der Waals surface area contributed by atoms with Gasteiger partial charge in [-0.25, -0.2) is 0 Å². The molecule has 4 aliphatic rings. The van der Waals surface area contributed by atoms with Gasteiger partial charge in [0, 0.05) is 0 Å².